The minimum absolute atomic E-state index is 0.405. The molecule has 6 heteroatoms. The van der Waals surface area contributed by atoms with Gasteiger partial charge in [0.05, 0.1) is 29.2 Å². The normalized spacial score (nSPS) is 13.8. The molecule has 21 heavy (non-hydrogen) atoms. The molecular formula is C15H17ClN2O2S. The highest BCUT2D eigenvalue weighted by atomic mass is 35.5. The summed E-state index contributed by atoms with van der Waals surface area (Å²) in [4.78, 5) is 4.40. The van der Waals surface area contributed by atoms with E-state index < -0.39 is 15.7 Å². The molecular weight excluding hydrogens is 308 g/mol. The fraction of sp³-hybridized carbons (Fsp3) is 0.333. The topological polar surface area (TPSA) is 51.6 Å². The fourth-order valence-corrected chi connectivity index (χ4v) is 2.37. The van der Waals surface area contributed by atoms with E-state index in [2.05, 4.69) is 9.38 Å². The third kappa shape index (κ3) is 3.80. The Bertz CT molecular complexity index is 723. The number of ether oxygens (including phenoxy) is 1. The first kappa shape index (κ1) is 15.9. The first-order valence-corrected chi connectivity index (χ1v) is 7.90. The molecule has 1 heterocycles. The highest BCUT2D eigenvalue weighted by Gasteiger charge is 2.18. The van der Waals surface area contributed by atoms with Gasteiger partial charge in [-0.3, -0.25) is 0 Å². The maximum absolute atomic E-state index is 12.0. The van der Waals surface area contributed by atoms with E-state index in [1.165, 1.54) is 6.21 Å². The van der Waals surface area contributed by atoms with Crippen molar-refractivity contribution in [3.63, 3.8) is 0 Å². The molecule has 0 N–H and O–H groups in total. The molecule has 112 valence electrons. The van der Waals surface area contributed by atoms with Gasteiger partial charge in [-0.05, 0) is 45.0 Å². The standard InChI is InChI=1S/C15H17ClN2O2S/c1-15(2,3)21(19)17-9-11-7-10-8-12(16)5-6-13(10)18-14(11)20-4/h5-9H,1-4H3/b17-9+/t21-/m0/s1. The summed E-state index contributed by atoms with van der Waals surface area (Å²) in [5, 5.41) is 1.52. The number of halogens is 1. The molecule has 0 aliphatic carbocycles. The molecule has 0 radical (unpaired) electrons. The molecule has 4 nitrogen and oxygen atoms in total. The number of methoxy groups -OCH3 is 1. The lowest BCUT2D eigenvalue weighted by Crippen LogP contribution is -2.19. The summed E-state index contributed by atoms with van der Waals surface area (Å²) in [5.41, 5.74) is 1.45. The maximum atomic E-state index is 12.0. The van der Waals surface area contributed by atoms with Gasteiger partial charge in [0, 0.05) is 10.4 Å². The molecule has 0 bridgehead atoms. The summed E-state index contributed by atoms with van der Waals surface area (Å²) in [6.45, 7) is 5.61. The number of hydrogen-bond acceptors (Lipinski definition) is 3. The zero-order valence-corrected chi connectivity index (χ0v) is 14.0. The van der Waals surface area contributed by atoms with Crippen molar-refractivity contribution in [2.75, 3.05) is 7.11 Å². The van der Waals surface area contributed by atoms with E-state index in [1.54, 1.807) is 13.2 Å². The summed E-state index contributed by atoms with van der Waals surface area (Å²) < 4.78 is 20.9. The summed E-state index contributed by atoms with van der Waals surface area (Å²) in [6, 6.07) is 7.30. The van der Waals surface area contributed by atoms with Crippen LogP contribution in [-0.2, 0) is 11.0 Å². The molecule has 0 unspecified atom stereocenters. The Morgan fingerprint density at radius 1 is 1.33 bits per heavy atom. The first-order valence-electron chi connectivity index (χ1n) is 6.41. The van der Waals surface area contributed by atoms with Crippen LogP contribution in [0.3, 0.4) is 0 Å². The van der Waals surface area contributed by atoms with E-state index in [0.29, 0.717) is 16.5 Å². The second-order valence-electron chi connectivity index (χ2n) is 5.52. The van der Waals surface area contributed by atoms with Crippen LogP contribution in [0, 0.1) is 0 Å². The zero-order chi connectivity index (χ0) is 15.6. The van der Waals surface area contributed by atoms with Crippen molar-refractivity contribution in [1.29, 1.82) is 0 Å². The number of benzene rings is 1. The number of aromatic nitrogens is 1. The zero-order valence-electron chi connectivity index (χ0n) is 12.4. The number of nitrogens with zero attached hydrogens (tertiary/aromatic N) is 2. The minimum Gasteiger partial charge on any atom is -0.481 e. The molecule has 0 saturated heterocycles. The minimum atomic E-state index is -1.33. The lowest BCUT2D eigenvalue weighted by Gasteiger charge is -2.13. The summed E-state index contributed by atoms with van der Waals surface area (Å²) in [5.74, 6) is 0.444. The number of pyridine rings is 1. The summed E-state index contributed by atoms with van der Waals surface area (Å²) in [6.07, 6.45) is 1.54. The number of fused-ring (bicyclic) bond motifs is 1. The largest absolute Gasteiger partial charge is 0.481 e. The van der Waals surface area contributed by atoms with Gasteiger partial charge in [-0.15, -0.1) is 0 Å². The maximum Gasteiger partial charge on any atom is 0.222 e. The van der Waals surface area contributed by atoms with Gasteiger partial charge in [-0.25, -0.2) is 9.19 Å². The molecule has 0 amide bonds. The van der Waals surface area contributed by atoms with E-state index in [1.807, 2.05) is 39.0 Å². The van der Waals surface area contributed by atoms with E-state index in [-0.39, 0.29) is 0 Å². The lowest BCUT2D eigenvalue weighted by molar-refractivity contribution is 0.399. The van der Waals surface area contributed by atoms with Crippen molar-refractivity contribution in [3.05, 3.63) is 34.9 Å². The monoisotopic (exact) mass is 324 g/mol. The SMILES string of the molecule is COc1nc2ccc(Cl)cc2cc1/C=N/[S@@](=O)C(C)(C)C. The molecule has 2 aromatic rings. The molecule has 0 fully saturated rings. The van der Waals surface area contributed by atoms with E-state index in [0.717, 1.165) is 10.9 Å². The van der Waals surface area contributed by atoms with Crippen LogP contribution in [0.2, 0.25) is 5.02 Å². The molecule has 2 rings (SSSR count). The van der Waals surface area contributed by atoms with Crippen molar-refractivity contribution in [1.82, 2.24) is 4.98 Å². The first-order chi connectivity index (χ1) is 9.81. The van der Waals surface area contributed by atoms with Crippen molar-refractivity contribution in [2.45, 2.75) is 25.5 Å². The van der Waals surface area contributed by atoms with Gasteiger partial charge in [0.2, 0.25) is 5.88 Å². The predicted octanol–water partition coefficient (Wildman–Crippen LogP) is 3.78. The Labute approximate surface area is 131 Å². The van der Waals surface area contributed by atoms with E-state index >= 15 is 0 Å². The van der Waals surface area contributed by atoms with Crippen LogP contribution in [0.1, 0.15) is 26.3 Å². The third-order valence-electron chi connectivity index (χ3n) is 2.77. The smallest absolute Gasteiger partial charge is 0.222 e. The molecule has 1 aromatic carbocycles. The van der Waals surface area contributed by atoms with Crippen LogP contribution in [-0.4, -0.2) is 27.3 Å². The van der Waals surface area contributed by atoms with Crippen LogP contribution < -0.4 is 4.74 Å². The molecule has 1 atom stereocenters. The summed E-state index contributed by atoms with van der Waals surface area (Å²) >= 11 is 5.99. The fourth-order valence-electron chi connectivity index (χ4n) is 1.66. The van der Waals surface area contributed by atoms with Gasteiger partial charge in [-0.2, -0.15) is 4.40 Å². The van der Waals surface area contributed by atoms with Crippen LogP contribution in [0.25, 0.3) is 10.9 Å². The van der Waals surface area contributed by atoms with Crippen molar-refractivity contribution in [3.8, 4) is 5.88 Å². The van der Waals surface area contributed by atoms with E-state index in [4.69, 9.17) is 16.3 Å². The van der Waals surface area contributed by atoms with Gasteiger partial charge < -0.3 is 4.74 Å². The van der Waals surface area contributed by atoms with Crippen molar-refractivity contribution < 1.29 is 8.95 Å². The van der Waals surface area contributed by atoms with Gasteiger partial charge in [0.25, 0.3) is 0 Å². The van der Waals surface area contributed by atoms with Crippen LogP contribution in [0.5, 0.6) is 5.88 Å². The lowest BCUT2D eigenvalue weighted by atomic mass is 10.1. The van der Waals surface area contributed by atoms with E-state index in [9.17, 15) is 4.21 Å². The number of rotatable bonds is 3. The van der Waals surface area contributed by atoms with Crippen molar-refractivity contribution >= 4 is 39.7 Å². The van der Waals surface area contributed by atoms with Crippen LogP contribution in [0.4, 0.5) is 0 Å². The van der Waals surface area contributed by atoms with Crippen LogP contribution >= 0.6 is 11.6 Å². The van der Waals surface area contributed by atoms with Gasteiger partial charge >= 0.3 is 0 Å². The number of hydrogen-bond donors (Lipinski definition) is 0. The van der Waals surface area contributed by atoms with Gasteiger partial charge in [0.15, 0.2) is 0 Å². The average Bonchev–Trinajstić information content (AvgIpc) is 2.42. The van der Waals surface area contributed by atoms with Crippen LogP contribution in [0.15, 0.2) is 28.7 Å². The molecule has 0 aliphatic rings. The Hall–Kier alpha value is -1.46. The second-order valence-corrected chi connectivity index (χ2v) is 7.89. The molecule has 0 saturated carbocycles. The predicted molar refractivity (Wildman–Crippen MR) is 88.8 cm³/mol. The highest BCUT2D eigenvalue weighted by molar-refractivity contribution is 7.85. The highest BCUT2D eigenvalue weighted by Crippen LogP contribution is 2.24. The Morgan fingerprint density at radius 3 is 2.67 bits per heavy atom. The molecule has 0 spiro atoms. The third-order valence-corrected chi connectivity index (χ3v) is 4.35. The Morgan fingerprint density at radius 2 is 2.05 bits per heavy atom. The Balaban J connectivity index is 2.47. The van der Waals surface area contributed by atoms with Gasteiger partial charge in [0.1, 0.15) is 11.0 Å². The van der Waals surface area contributed by atoms with Crippen molar-refractivity contribution in [2.24, 2.45) is 4.40 Å². The Kier molecular flexibility index (Phi) is 4.64. The summed E-state index contributed by atoms with van der Waals surface area (Å²) in [7, 11) is 0.218. The molecule has 0 aliphatic heterocycles. The second kappa shape index (κ2) is 6.12. The molecule has 1 aromatic heterocycles. The quantitative estimate of drug-likeness (QED) is 0.807. The van der Waals surface area contributed by atoms with Gasteiger partial charge in [-0.1, -0.05) is 11.6 Å². The average molecular weight is 325 g/mol.